The molecule has 108 valence electrons. The maximum atomic E-state index is 11.0. The van der Waals surface area contributed by atoms with E-state index >= 15 is 0 Å². The fourth-order valence-corrected chi connectivity index (χ4v) is 1.81. The molecule has 0 aliphatic carbocycles. The van der Waals surface area contributed by atoms with Crippen molar-refractivity contribution in [1.29, 1.82) is 0 Å². The molecule has 2 N–H and O–H groups in total. The second-order valence-corrected chi connectivity index (χ2v) is 5.81. The maximum Gasteiger partial charge on any atom is 0.492 e. The van der Waals surface area contributed by atoms with Gasteiger partial charge in [0, 0.05) is 6.07 Å². The fraction of sp³-hybridized carbons (Fsp3) is 0.538. The average Bonchev–Trinajstić information content (AvgIpc) is 2.57. The van der Waals surface area contributed by atoms with E-state index in [2.05, 4.69) is 10.2 Å². The highest BCUT2D eigenvalue weighted by Crippen LogP contribution is 2.38. The number of rotatable bonds is 3. The number of nitrogens with one attached hydrogen (secondary N) is 1. The van der Waals surface area contributed by atoms with Crippen LogP contribution in [0.3, 0.4) is 0 Å². The van der Waals surface area contributed by atoms with Crippen LogP contribution in [-0.2, 0) is 9.31 Å². The number of hydrogen-bond acceptors (Lipinski definition) is 5. The zero-order valence-electron chi connectivity index (χ0n) is 12.1. The third-order valence-electron chi connectivity index (χ3n) is 3.77. The normalized spacial score (nSPS) is 21.2. The van der Waals surface area contributed by atoms with Gasteiger partial charge >= 0.3 is 7.12 Å². The molecule has 7 heteroatoms. The quantitative estimate of drug-likeness (QED) is 0.798. The van der Waals surface area contributed by atoms with Crippen molar-refractivity contribution in [2.75, 3.05) is 6.61 Å². The second-order valence-electron chi connectivity index (χ2n) is 5.81. The summed E-state index contributed by atoms with van der Waals surface area (Å²) in [7, 11) is -0.626. The minimum Gasteiger partial charge on any atom is -0.400 e. The van der Waals surface area contributed by atoms with Crippen molar-refractivity contribution in [2.24, 2.45) is 0 Å². The third kappa shape index (κ3) is 2.84. The Labute approximate surface area is 118 Å². The minimum absolute atomic E-state index is 0.211. The van der Waals surface area contributed by atoms with Gasteiger partial charge in [-0.05, 0) is 45.3 Å². The number of hydrogen-bond donors (Lipinski definition) is 2. The second kappa shape index (κ2) is 5.16. The van der Waals surface area contributed by atoms with Gasteiger partial charge in [-0.1, -0.05) is 0 Å². The van der Waals surface area contributed by atoms with E-state index < -0.39 is 18.3 Å². The van der Waals surface area contributed by atoms with Crippen LogP contribution in [0.5, 0.6) is 0 Å². The van der Waals surface area contributed by atoms with Crippen molar-refractivity contribution in [3.63, 3.8) is 0 Å². The molecule has 0 atom stereocenters. The van der Waals surface area contributed by atoms with Gasteiger partial charge in [-0.3, -0.25) is 4.79 Å². The van der Waals surface area contributed by atoms with E-state index in [0.29, 0.717) is 11.2 Å². The van der Waals surface area contributed by atoms with Crippen molar-refractivity contribution in [3.05, 3.63) is 33.7 Å². The molecule has 0 spiro atoms. The summed E-state index contributed by atoms with van der Waals surface area (Å²) in [5.74, 6) is 0. The Balaban J connectivity index is 2.26. The third-order valence-corrected chi connectivity index (χ3v) is 3.77. The lowest BCUT2D eigenvalue weighted by Crippen LogP contribution is -2.41. The summed E-state index contributed by atoms with van der Waals surface area (Å²) in [6.07, 6.45) is 1.65. The Morgan fingerprint density at radius 1 is 1.35 bits per heavy atom. The summed E-state index contributed by atoms with van der Waals surface area (Å²) < 4.78 is 11.7. The summed E-state index contributed by atoms with van der Waals surface area (Å²) in [6.45, 7) is 7.57. The zero-order valence-corrected chi connectivity index (χ0v) is 12.1. The molecular formula is C13H19BN2O4. The number of H-pyrrole nitrogens is 1. The standard InChI is InChI=1S/C13H19BN2O4/c1-12(2)13(3,4)20-14(19-12)9(8-17)7-10-5-6-11(18)16-15-10/h5-7,17H,8H2,1-4H3,(H,16,18). The van der Waals surface area contributed by atoms with E-state index in [-0.39, 0.29) is 12.2 Å². The van der Waals surface area contributed by atoms with Gasteiger partial charge in [0.25, 0.3) is 5.56 Å². The number of nitrogens with zero attached hydrogens (tertiary/aromatic N) is 1. The van der Waals surface area contributed by atoms with E-state index in [1.54, 1.807) is 12.1 Å². The molecule has 1 saturated heterocycles. The average molecular weight is 278 g/mol. The smallest absolute Gasteiger partial charge is 0.400 e. The van der Waals surface area contributed by atoms with Crippen LogP contribution in [0.2, 0.25) is 0 Å². The van der Waals surface area contributed by atoms with Gasteiger partial charge in [0.15, 0.2) is 0 Å². The molecule has 1 aliphatic rings. The van der Waals surface area contributed by atoms with Crippen LogP contribution in [0.4, 0.5) is 0 Å². The van der Waals surface area contributed by atoms with Crippen LogP contribution < -0.4 is 5.56 Å². The molecule has 20 heavy (non-hydrogen) atoms. The first kappa shape index (κ1) is 15.0. The van der Waals surface area contributed by atoms with Crippen molar-refractivity contribution >= 4 is 13.2 Å². The lowest BCUT2D eigenvalue weighted by Gasteiger charge is -2.32. The molecule has 0 aromatic carbocycles. The highest BCUT2D eigenvalue weighted by atomic mass is 16.7. The molecule has 0 bridgehead atoms. The van der Waals surface area contributed by atoms with E-state index in [1.165, 1.54) is 6.07 Å². The van der Waals surface area contributed by atoms with Crippen LogP contribution in [0.25, 0.3) is 6.08 Å². The molecule has 1 aromatic rings. The van der Waals surface area contributed by atoms with Gasteiger partial charge in [0.05, 0.1) is 23.5 Å². The Bertz CT molecular complexity index is 543. The summed E-state index contributed by atoms with van der Waals surface area (Å²) in [5, 5.41) is 15.7. The monoisotopic (exact) mass is 278 g/mol. The van der Waals surface area contributed by atoms with Crippen molar-refractivity contribution < 1.29 is 14.4 Å². The lowest BCUT2D eigenvalue weighted by molar-refractivity contribution is 0.00578. The summed E-state index contributed by atoms with van der Waals surface area (Å²) >= 11 is 0. The van der Waals surface area contributed by atoms with Gasteiger partial charge in [0.2, 0.25) is 0 Å². The number of aromatic nitrogens is 2. The molecule has 0 unspecified atom stereocenters. The predicted molar refractivity (Wildman–Crippen MR) is 76.0 cm³/mol. The summed E-state index contributed by atoms with van der Waals surface area (Å²) in [6, 6.07) is 2.94. The van der Waals surface area contributed by atoms with E-state index in [1.807, 2.05) is 27.7 Å². The molecule has 1 aliphatic heterocycles. The van der Waals surface area contributed by atoms with E-state index in [4.69, 9.17) is 9.31 Å². The van der Waals surface area contributed by atoms with Crippen LogP contribution in [-0.4, -0.2) is 40.2 Å². The highest BCUT2D eigenvalue weighted by molar-refractivity contribution is 6.55. The SMILES string of the molecule is CC1(C)OB(C(=Cc2ccc(=O)[nH]n2)CO)OC1(C)C. The first-order valence-corrected chi connectivity index (χ1v) is 6.48. The van der Waals surface area contributed by atoms with Crippen LogP contribution in [0.15, 0.2) is 22.4 Å². The Kier molecular flexibility index (Phi) is 3.86. The summed E-state index contributed by atoms with van der Waals surface area (Å²) in [4.78, 5) is 11.0. The zero-order chi connectivity index (χ0) is 15.0. The van der Waals surface area contributed by atoms with E-state index in [9.17, 15) is 9.90 Å². The molecule has 0 radical (unpaired) electrons. The Morgan fingerprint density at radius 3 is 2.40 bits per heavy atom. The largest absolute Gasteiger partial charge is 0.492 e. The Morgan fingerprint density at radius 2 is 1.95 bits per heavy atom. The highest BCUT2D eigenvalue weighted by Gasteiger charge is 2.52. The Hall–Kier alpha value is -1.44. The molecular weight excluding hydrogens is 259 g/mol. The van der Waals surface area contributed by atoms with Crippen molar-refractivity contribution in [2.45, 2.75) is 38.9 Å². The van der Waals surface area contributed by atoms with Gasteiger partial charge in [0.1, 0.15) is 0 Å². The van der Waals surface area contributed by atoms with Crippen LogP contribution in [0, 0.1) is 0 Å². The topological polar surface area (TPSA) is 84.4 Å². The first-order valence-electron chi connectivity index (χ1n) is 6.48. The fourth-order valence-electron chi connectivity index (χ4n) is 1.81. The van der Waals surface area contributed by atoms with Gasteiger partial charge in [-0.15, -0.1) is 0 Å². The van der Waals surface area contributed by atoms with Gasteiger partial charge in [-0.2, -0.15) is 5.10 Å². The van der Waals surface area contributed by atoms with Crippen molar-refractivity contribution in [1.82, 2.24) is 10.2 Å². The van der Waals surface area contributed by atoms with Gasteiger partial charge < -0.3 is 14.4 Å². The molecule has 0 saturated carbocycles. The molecule has 0 amide bonds. The van der Waals surface area contributed by atoms with Crippen LogP contribution in [0.1, 0.15) is 33.4 Å². The molecule has 2 rings (SSSR count). The number of aromatic amines is 1. The summed E-state index contributed by atoms with van der Waals surface area (Å²) in [5.41, 5.74) is -0.121. The number of aliphatic hydroxyl groups is 1. The number of aliphatic hydroxyl groups excluding tert-OH is 1. The molecule has 6 nitrogen and oxygen atoms in total. The first-order chi connectivity index (χ1) is 9.25. The molecule has 1 aromatic heterocycles. The maximum absolute atomic E-state index is 11.0. The molecule has 1 fully saturated rings. The molecule has 2 heterocycles. The minimum atomic E-state index is -0.626. The lowest BCUT2D eigenvalue weighted by atomic mass is 9.78. The van der Waals surface area contributed by atoms with Crippen LogP contribution >= 0.6 is 0 Å². The van der Waals surface area contributed by atoms with E-state index in [0.717, 1.165) is 0 Å². The van der Waals surface area contributed by atoms with Crippen molar-refractivity contribution in [3.8, 4) is 0 Å². The predicted octanol–water partition coefficient (Wildman–Crippen LogP) is 0.777. The van der Waals surface area contributed by atoms with Gasteiger partial charge in [-0.25, -0.2) is 5.10 Å².